The van der Waals surface area contributed by atoms with Crippen LogP contribution in [-0.2, 0) is 14.8 Å². The number of anilines is 1. The van der Waals surface area contributed by atoms with Crippen molar-refractivity contribution < 1.29 is 17.6 Å². The zero-order chi connectivity index (χ0) is 19.2. The minimum atomic E-state index is -3.56. The number of carbonyl (C=O) groups excluding carboxylic acids is 1. The molecule has 1 aromatic rings. The number of carbonyl (C=O) groups is 1. The number of benzene rings is 1. The van der Waals surface area contributed by atoms with Crippen molar-refractivity contribution in [3.8, 4) is 0 Å². The lowest BCUT2D eigenvalue weighted by atomic mass is 10.00. The van der Waals surface area contributed by atoms with Gasteiger partial charge >= 0.3 is 0 Å². The number of hydrogen-bond donors (Lipinski definition) is 1. The second kappa shape index (κ2) is 9.37. The van der Waals surface area contributed by atoms with Gasteiger partial charge in [0.2, 0.25) is 15.9 Å². The molecule has 0 aromatic heterocycles. The number of allylic oxidation sites excluding steroid dienone is 1. The minimum Gasteiger partial charge on any atom is -0.352 e. The smallest absolute Gasteiger partial charge is 0.232 e. The van der Waals surface area contributed by atoms with Crippen molar-refractivity contribution in [2.75, 3.05) is 23.7 Å². The summed E-state index contributed by atoms with van der Waals surface area (Å²) in [5.74, 6) is -0.720. The van der Waals surface area contributed by atoms with Crippen molar-refractivity contribution in [3.05, 3.63) is 40.7 Å². The predicted molar refractivity (Wildman–Crippen MR) is 102 cm³/mol. The lowest BCUT2D eigenvalue weighted by Gasteiger charge is -2.22. The number of amides is 1. The van der Waals surface area contributed by atoms with Crippen LogP contribution < -0.4 is 9.62 Å². The molecular weight excluding hydrogens is 379 g/mol. The van der Waals surface area contributed by atoms with E-state index in [0.29, 0.717) is 13.0 Å². The van der Waals surface area contributed by atoms with Gasteiger partial charge in [0.15, 0.2) is 0 Å². The quantitative estimate of drug-likeness (QED) is 0.675. The Hall–Kier alpha value is -1.60. The first-order chi connectivity index (χ1) is 12.3. The molecule has 1 aliphatic carbocycles. The van der Waals surface area contributed by atoms with Crippen LogP contribution in [0.3, 0.4) is 0 Å². The van der Waals surface area contributed by atoms with Crippen LogP contribution >= 0.6 is 11.6 Å². The molecule has 0 bridgehead atoms. The summed E-state index contributed by atoms with van der Waals surface area (Å²) in [6, 6.07) is 3.76. The molecule has 144 valence electrons. The van der Waals surface area contributed by atoms with Crippen LogP contribution in [0, 0.1) is 5.82 Å². The molecule has 0 unspecified atom stereocenters. The number of halogens is 2. The Bertz CT molecular complexity index is 781. The first-order valence-corrected chi connectivity index (χ1v) is 10.9. The number of nitrogens with one attached hydrogen (secondary N) is 1. The standard InChI is InChI=1S/C18H24ClFN2O3S/c1-26(24,25)22(15-9-10-17(20)16(19)12-15)11-5-8-18(23)21-13-14-6-3-2-4-7-14/h6,9-10,12H,2-5,7-8,11,13H2,1H3,(H,21,23). The van der Waals surface area contributed by atoms with Crippen molar-refractivity contribution in [1.29, 1.82) is 0 Å². The molecule has 0 fully saturated rings. The van der Waals surface area contributed by atoms with Crippen LogP contribution in [0.5, 0.6) is 0 Å². The molecule has 2 rings (SSSR count). The van der Waals surface area contributed by atoms with Gasteiger partial charge in [-0.05, 0) is 50.3 Å². The van der Waals surface area contributed by atoms with Crippen LogP contribution in [0.25, 0.3) is 0 Å². The molecule has 0 radical (unpaired) electrons. The number of sulfonamides is 1. The van der Waals surface area contributed by atoms with Gasteiger partial charge in [-0.15, -0.1) is 0 Å². The zero-order valence-corrected chi connectivity index (χ0v) is 16.4. The summed E-state index contributed by atoms with van der Waals surface area (Å²) in [7, 11) is -3.56. The Balaban J connectivity index is 1.88. The maximum Gasteiger partial charge on any atom is 0.232 e. The molecule has 0 saturated carbocycles. The molecule has 5 nitrogen and oxygen atoms in total. The normalized spacial score (nSPS) is 14.7. The molecular formula is C18H24ClFN2O3S. The van der Waals surface area contributed by atoms with Crippen LogP contribution in [0.4, 0.5) is 10.1 Å². The van der Waals surface area contributed by atoms with Crippen molar-refractivity contribution in [2.45, 2.75) is 38.5 Å². The number of rotatable bonds is 8. The van der Waals surface area contributed by atoms with E-state index in [-0.39, 0.29) is 29.6 Å². The summed E-state index contributed by atoms with van der Waals surface area (Å²) in [5, 5.41) is 2.73. The largest absolute Gasteiger partial charge is 0.352 e. The third-order valence-electron chi connectivity index (χ3n) is 4.25. The van der Waals surface area contributed by atoms with E-state index in [2.05, 4.69) is 11.4 Å². The second-order valence-electron chi connectivity index (χ2n) is 6.42. The highest BCUT2D eigenvalue weighted by molar-refractivity contribution is 7.92. The summed E-state index contributed by atoms with van der Waals surface area (Å²) in [5.41, 5.74) is 1.54. The van der Waals surface area contributed by atoms with E-state index in [9.17, 15) is 17.6 Å². The Morgan fingerprint density at radius 2 is 2.12 bits per heavy atom. The van der Waals surface area contributed by atoms with Gasteiger partial charge in [-0.3, -0.25) is 9.10 Å². The van der Waals surface area contributed by atoms with Crippen molar-refractivity contribution in [2.24, 2.45) is 0 Å². The van der Waals surface area contributed by atoms with Crippen LogP contribution in [0.15, 0.2) is 29.8 Å². The molecule has 0 spiro atoms. The highest BCUT2D eigenvalue weighted by Crippen LogP contribution is 2.24. The Morgan fingerprint density at radius 3 is 2.73 bits per heavy atom. The fourth-order valence-electron chi connectivity index (χ4n) is 2.88. The molecule has 8 heteroatoms. The summed E-state index contributed by atoms with van der Waals surface area (Å²) in [6.45, 7) is 0.680. The number of nitrogens with zero attached hydrogens (tertiary/aromatic N) is 1. The van der Waals surface area contributed by atoms with Crippen LogP contribution in [0.1, 0.15) is 38.5 Å². The molecule has 26 heavy (non-hydrogen) atoms. The van der Waals surface area contributed by atoms with E-state index in [4.69, 9.17) is 11.6 Å². The highest BCUT2D eigenvalue weighted by Gasteiger charge is 2.19. The molecule has 0 aliphatic heterocycles. The van der Waals surface area contributed by atoms with E-state index >= 15 is 0 Å². The third kappa shape index (κ3) is 6.29. The molecule has 1 amide bonds. The van der Waals surface area contributed by atoms with E-state index in [1.165, 1.54) is 24.1 Å². The first-order valence-electron chi connectivity index (χ1n) is 8.65. The van der Waals surface area contributed by atoms with Gasteiger partial charge in [-0.1, -0.05) is 23.3 Å². The predicted octanol–water partition coefficient (Wildman–Crippen LogP) is 3.64. The van der Waals surface area contributed by atoms with Gasteiger partial charge in [0.25, 0.3) is 0 Å². The summed E-state index contributed by atoms with van der Waals surface area (Å²) in [6.07, 6.45) is 8.26. The average Bonchev–Trinajstić information content (AvgIpc) is 2.59. The molecule has 0 saturated heterocycles. The summed E-state index contributed by atoms with van der Waals surface area (Å²) < 4.78 is 38.5. The molecule has 1 N–H and O–H groups in total. The molecule has 1 aromatic carbocycles. The van der Waals surface area contributed by atoms with Gasteiger partial charge in [0.1, 0.15) is 5.82 Å². The maximum atomic E-state index is 13.3. The average molecular weight is 403 g/mol. The summed E-state index contributed by atoms with van der Waals surface area (Å²) >= 11 is 5.74. The fraction of sp³-hybridized carbons (Fsp3) is 0.500. The van der Waals surface area contributed by atoms with E-state index in [1.807, 2.05) is 0 Å². The maximum absolute atomic E-state index is 13.3. The van der Waals surface area contributed by atoms with Crippen molar-refractivity contribution in [3.63, 3.8) is 0 Å². The molecule has 0 heterocycles. The zero-order valence-electron chi connectivity index (χ0n) is 14.8. The monoisotopic (exact) mass is 402 g/mol. The second-order valence-corrected chi connectivity index (χ2v) is 8.74. The van der Waals surface area contributed by atoms with Gasteiger partial charge in [-0.2, -0.15) is 0 Å². The SMILES string of the molecule is CS(=O)(=O)N(CCCC(=O)NCC1=CCCCC1)c1ccc(F)c(Cl)c1. The lowest BCUT2D eigenvalue weighted by Crippen LogP contribution is -2.32. The summed E-state index contributed by atoms with van der Waals surface area (Å²) in [4.78, 5) is 12.0. The van der Waals surface area contributed by atoms with Gasteiger partial charge in [0, 0.05) is 19.5 Å². The molecule has 0 atom stereocenters. The third-order valence-corrected chi connectivity index (χ3v) is 5.74. The Kier molecular flexibility index (Phi) is 7.46. The van der Waals surface area contributed by atoms with Crippen molar-refractivity contribution in [1.82, 2.24) is 5.32 Å². The van der Waals surface area contributed by atoms with Crippen molar-refractivity contribution >= 4 is 33.2 Å². The fourth-order valence-corrected chi connectivity index (χ4v) is 4.01. The number of hydrogen-bond acceptors (Lipinski definition) is 3. The van der Waals surface area contributed by atoms with E-state index in [1.54, 1.807) is 0 Å². The van der Waals surface area contributed by atoms with E-state index in [0.717, 1.165) is 35.9 Å². The topological polar surface area (TPSA) is 66.5 Å². The van der Waals surface area contributed by atoms with Gasteiger partial charge in [-0.25, -0.2) is 12.8 Å². The molecule has 1 aliphatic rings. The Morgan fingerprint density at radius 1 is 1.35 bits per heavy atom. The van der Waals surface area contributed by atoms with Crippen LogP contribution in [0.2, 0.25) is 5.02 Å². The van der Waals surface area contributed by atoms with Gasteiger partial charge in [0.05, 0.1) is 17.0 Å². The van der Waals surface area contributed by atoms with Crippen LogP contribution in [-0.4, -0.2) is 33.7 Å². The highest BCUT2D eigenvalue weighted by atomic mass is 35.5. The van der Waals surface area contributed by atoms with E-state index < -0.39 is 15.8 Å². The first kappa shape index (κ1) is 20.7. The Labute approximate surface area is 159 Å². The lowest BCUT2D eigenvalue weighted by molar-refractivity contribution is -0.120. The van der Waals surface area contributed by atoms with Gasteiger partial charge < -0.3 is 5.32 Å². The minimum absolute atomic E-state index is 0.109.